The normalized spacial score (nSPS) is 12.2. The second kappa shape index (κ2) is 5.90. The van der Waals surface area contributed by atoms with Crippen molar-refractivity contribution >= 4 is 5.91 Å². The van der Waals surface area contributed by atoms with E-state index in [1.165, 1.54) is 5.56 Å². The van der Waals surface area contributed by atoms with Gasteiger partial charge in [-0.1, -0.05) is 35.0 Å². The molecule has 1 unspecified atom stereocenters. The van der Waals surface area contributed by atoms with Crippen molar-refractivity contribution in [3.05, 3.63) is 52.4 Å². The van der Waals surface area contributed by atoms with Crippen molar-refractivity contribution in [3.8, 4) is 0 Å². The Bertz CT molecular complexity index is 580. The summed E-state index contributed by atoms with van der Waals surface area (Å²) in [5, 5.41) is 6.86. The Labute approximate surface area is 119 Å². The van der Waals surface area contributed by atoms with Crippen LogP contribution in [0.2, 0.25) is 0 Å². The zero-order valence-corrected chi connectivity index (χ0v) is 12.4. The van der Waals surface area contributed by atoms with Crippen molar-refractivity contribution < 1.29 is 9.32 Å². The maximum Gasteiger partial charge on any atom is 0.225 e. The lowest BCUT2D eigenvalue weighted by Crippen LogP contribution is -2.28. The lowest BCUT2D eigenvalue weighted by molar-refractivity contribution is -0.121. The first-order valence-electron chi connectivity index (χ1n) is 6.75. The minimum absolute atomic E-state index is 0.0106. The lowest BCUT2D eigenvalue weighted by atomic mass is 10.1. The fourth-order valence-electron chi connectivity index (χ4n) is 2.15. The summed E-state index contributed by atoms with van der Waals surface area (Å²) in [4.78, 5) is 12.1. The fraction of sp³-hybridized carbons (Fsp3) is 0.375. The second-order valence-corrected chi connectivity index (χ2v) is 5.18. The molecule has 2 rings (SSSR count). The number of nitrogens with zero attached hydrogens (tertiary/aromatic N) is 1. The molecule has 1 heterocycles. The van der Waals surface area contributed by atoms with Crippen LogP contribution in [0.25, 0.3) is 0 Å². The van der Waals surface area contributed by atoms with Gasteiger partial charge in [-0.15, -0.1) is 0 Å². The van der Waals surface area contributed by atoms with Crippen LogP contribution in [-0.2, 0) is 11.2 Å². The smallest absolute Gasteiger partial charge is 0.225 e. The Morgan fingerprint density at radius 2 is 1.90 bits per heavy atom. The van der Waals surface area contributed by atoms with Crippen molar-refractivity contribution in [2.75, 3.05) is 0 Å². The van der Waals surface area contributed by atoms with Gasteiger partial charge >= 0.3 is 0 Å². The molecule has 0 saturated carbocycles. The Balaban J connectivity index is 1.99. The number of hydrogen-bond donors (Lipinski definition) is 1. The van der Waals surface area contributed by atoms with Crippen LogP contribution in [0, 0.1) is 20.8 Å². The van der Waals surface area contributed by atoms with E-state index in [9.17, 15) is 4.79 Å². The summed E-state index contributed by atoms with van der Waals surface area (Å²) in [7, 11) is 0. The second-order valence-electron chi connectivity index (χ2n) is 5.18. The third-order valence-electron chi connectivity index (χ3n) is 3.47. The number of hydrogen-bond acceptors (Lipinski definition) is 3. The molecule has 1 N–H and O–H groups in total. The Kier molecular flexibility index (Phi) is 4.23. The molecule has 1 aromatic carbocycles. The molecule has 0 aliphatic carbocycles. The topological polar surface area (TPSA) is 55.1 Å². The molecule has 1 aromatic heterocycles. The van der Waals surface area contributed by atoms with Crippen molar-refractivity contribution in [1.82, 2.24) is 10.5 Å². The maximum absolute atomic E-state index is 12.1. The number of carbonyl (C=O) groups excluding carboxylic acids is 1. The van der Waals surface area contributed by atoms with Crippen molar-refractivity contribution in [3.63, 3.8) is 0 Å². The highest BCUT2D eigenvalue weighted by molar-refractivity contribution is 5.79. The van der Waals surface area contributed by atoms with Crippen LogP contribution in [0.1, 0.15) is 41.1 Å². The van der Waals surface area contributed by atoms with Crippen LogP contribution < -0.4 is 5.32 Å². The van der Waals surface area contributed by atoms with Crippen LogP contribution in [-0.4, -0.2) is 11.1 Å². The highest BCUT2D eigenvalue weighted by Crippen LogP contribution is 2.15. The van der Waals surface area contributed by atoms with Gasteiger partial charge in [0.25, 0.3) is 0 Å². The predicted molar refractivity (Wildman–Crippen MR) is 77.4 cm³/mol. The van der Waals surface area contributed by atoms with Crippen LogP contribution in [0.4, 0.5) is 0 Å². The molecule has 1 atom stereocenters. The van der Waals surface area contributed by atoms with Gasteiger partial charge in [0.2, 0.25) is 5.91 Å². The molecule has 0 fully saturated rings. The van der Waals surface area contributed by atoms with E-state index in [4.69, 9.17) is 4.52 Å². The monoisotopic (exact) mass is 272 g/mol. The summed E-state index contributed by atoms with van der Waals surface area (Å²) >= 11 is 0. The molecule has 4 heteroatoms. The zero-order chi connectivity index (χ0) is 14.7. The molecular weight excluding hydrogens is 252 g/mol. The van der Waals surface area contributed by atoms with Crippen LogP contribution >= 0.6 is 0 Å². The molecule has 0 saturated heterocycles. The number of aromatic nitrogens is 1. The number of rotatable bonds is 4. The Morgan fingerprint density at radius 3 is 2.45 bits per heavy atom. The van der Waals surface area contributed by atoms with Crippen LogP contribution in [0.5, 0.6) is 0 Å². The largest absolute Gasteiger partial charge is 0.361 e. The van der Waals surface area contributed by atoms with E-state index in [1.807, 2.05) is 52.0 Å². The van der Waals surface area contributed by atoms with E-state index < -0.39 is 0 Å². The highest BCUT2D eigenvalue weighted by atomic mass is 16.5. The van der Waals surface area contributed by atoms with Gasteiger partial charge in [0.1, 0.15) is 5.76 Å². The van der Waals surface area contributed by atoms with Gasteiger partial charge in [-0.2, -0.15) is 0 Å². The SMILES string of the molecule is Cc1ccc(C(C)NC(=O)Cc2c(C)noc2C)cc1. The molecular formula is C16H20N2O2. The van der Waals surface area contributed by atoms with Gasteiger partial charge in [0.05, 0.1) is 18.2 Å². The number of aryl methyl sites for hydroxylation is 3. The van der Waals surface area contributed by atoms with Crippen molar-refractivity contribution in [2.45, 2.75) is 40.2 Å². The first kappa shape index (κ1) is 14.3. The van der Waals surface area contributed by atoms with Gasteiger partial charge in [0.15, 0.2) is 0 Å². The minimum atomic E-state index is -0.0209. The Hall–Kier alpha value is -2.10. The van der Waals surface area contributed by atoms with E-state index in [-0.39, 0.29) is 11.9 Å². The molecule has 0 aliphatic rings. The predicted octanol–water partition coefficient (Wildman–Crippen LogP) is 3.02. The summed E-state index contributed by atoms with van der Waals surface area (Å²) in [6.45, 7) is 7.70. The number of carbonyl (C=O) groups is 1. The van der Waals surface area contributed by atoms with E-state index >= 15 is 0 Å². The molecule has 0 aliphatic heterocycles. The quantitative estimate of drug-likeness (QED) is 0.930. The number of amides is 1. The van der Waals surface area contributed by atoms with Gasteiger partial charge in [-0.25, -0.2) is 0 Å². The molecule has 20 heavy (non-hydrogen) atoms. The standard InChI is InChI=1S/C16H20N2O2/c1-10-5-7-14(8-6-10)11(2)17-16(19)9-15-12(3)18-20-13(15)4/h5-8,11H,9H2,1-4H3,(H,17,19). The lowest BCUT2D eigenvalue weighted by Gasteiger charge is -2.14. The summed E-state index contributed by atoms with van der Waals surface area (Å²) in [5.41, 5.74) is 3.96. The van der Waals surface area contributed by atoms with Gasteiger partial charge in [-0.05, 0) is 33.3 Å². The molecule has 0 bridgehead atoms. The molecule has 0 radical (unpaired) electrons. The fourth-order valence-corrected chi connectivity index (χ4v) is 2.15. The summed E-state index contributed by atoms with van der Waals surface area (Å²) < 4.78 is 5.07. The number of benzene rings is 1. The summed E-state index contributed by atoms with van der Waals surface area (Å²) in [5.74, 6) is 0.688. The first-order chi connectivity index (χ1) is 9.47. The van der Waals surface area contributed by atoms with E-state index in [0.29, 0.717) is 12.2 Å². The number of nitrogens with one attached hydrogen (secondary N) is 1. The zero-order valence-electron chi connectivity index (χ0n) is 12.4. The average Bonchev–Trinajstić information content (AvgIpc) is 2.71. The van der Waals surface area contributed by atoms with Crippen LogP contribution in [0.15, 0.2) is 28.8 Å². The average molecular weight is 272 g/mol. The molecule has 4 nitrogen and oxygen atoms in total. The highest BCUT2D eigenvalue weighted by Gasteiger charge is 2.15. The molecule has 0 spiro atoms. The van der Waals surface area contributed by atoms with E-state index in [2.05, 4.69) is 10.5 Å². The van der Waals surface area contributed by atoms with Crippen molar-refractivity contribution in [2.24, 2.45) is 0 Å². The van der Waals surface area contributed by atoms with E-state index in [1.54, 1.807) is 0 Å². The maximum atomic E-state index is 12.1. The van der Waals surface area contributed by atoms with E-state index in [0.717, 1.165) is 16.8 Å². The molecule has 1 amide bonds. The van der Waals surface area contributed by atoms with Crippen LogP contribution in [0.3, 0.4) is 0 Å². The van der Waals surface area contributed by atoms with Gasteiger partial charge in [0, 0.05) is 5.56 Å². The van der Waals surface area contributed by atoms with Crippen molar-refractivity contribution in [1.29, 1.82) is 0 Å². The summed E-state index contributed by atoms with van der Waals surface area (Å²) in [6.07, 6.45) is 0.303. The first-order valence-corrected chi connectivity index (χ1v) is 6.75. The van der Waals surface area contributed by atoms with Gasteiger partial charge < -0.3 is 9.84 Å². The Morgan fingerprint density at radius 1 is 1.25 bits per heavy atom. The summed E-state index contributed by atoms with van der Waals surface area (Å²) in [6, 6.07) is 8.16. The molecule has 106 valence electrons. The third-order valence-corrected chi connectivity index (χ3v) is 3.47. The van der Waals surface area contributed by atoms with Gasteiger partial charge in [-0.3, -0.25) is 4.79 Å². The minimum Gasteiger partial charge on any atom is -0.361 e. The third kappa shape index (κ3) is 3.26. The molecule has 2 aromatic rings.